The number of unbranched alkanes of at least 4 members (excludes halogenated alkanes) is 1. The predicted octanol–water partition coefficient (Wildman–Crippen LogP) is 0.950. The van der Waals surface area contributed by atoms with Crippen molar-refractivity contribution in [3.8, 4) is 0 Å². The Morgan fingerprint density at radius 1 is 1.22 bits per heavy atom. The summed E-state index contributed by atoms with van der Waals surface area (Å²) in [5, 5.41) is 0. The molecule has 0 aromatic carbocycles. The van der Waals surface area contributed by atoms with Crippen molar-refractivity contribution in [1.29, 1.82) is 0 Å². The number of nitrogens with zero attached hydrogens (tertiary/aromatic N) is 2. The molecule has 0 aliphatic carbocycles. The molecule has 0 spiro atoms. The van der Waals surface area contributed by atoms with E-state index in [0.29, 0.717) is 25.8 Å². The van der Waals surface area contributed by atoms with Crippen LogP contribution in [0.5, 0.6) is 0 Å². The van der Waals surface area contributed by atoms with E-state index in [9.17, 15) is 14.4 Å². The average molecular weight is 252 g/mol. The second kappa shape index (κ2) is 6.93. The van der Waals surface area contributed by atoms with Gasteiger partial charge in [0.05, 0.1) is 0 Å². The Morgan fingerprint density at radius 2 is 1.83 bits per heavy atom. The van der Waals surface area contributed by atoms with E-state index >= 15 is 0 Å². The minimum absolute atomic E-state index is 0.119. The van der Waals surface area contributed by atoms with Gasteiger partial charge >= 0.3 is 0 Å². The first-order valence-corrected chi connectivity index (χ1v) is 6.33. The predicted molar refractivity (Wildman–Crippen MR) is 67.6 cm³/mol. The smallest absolute Gasteiger partial charge is 0.253 e. The maximum atomic E-state index is 11.6. The number of hydrogen-bond donors (Lipinski definition) is 0. The summed E-state index contributed by atoms with van der Waals surface area (Å²) < 4.78 is 0. The number of amides is 3. The Labute approximate surface area is 107 Å². The van der Waals surface area contributed by atoms with Crippen LogP contribution in [0, 0.1) is 0 Å². The molecular formula is C13H20N2O3. The van der Waals surface area contributed by atoms with Gasteiger partial charge in [0.1, 0.15) is 0 Å². The largest absolute Gasteiger partial charge is 0.346 e. The lowest BCUT2D eigenvalue weighted by Crippen LogP contribution is -2.31. The molecule has 1 aliphatic rings. The lowest BCUT2D eigenvalue weighted by atomic mass is 10.2. The zero-order valence-electron chi connectivity index (χ0n) is 11.0. The second-order valence-corrected chi connectivity index (χ2v) is 4.43. The summed E-state index contributed by atoms with van der Waals surface area (Å²) in [5.41, 5.74) is 0. The molecule has 1 aliphatic heterocycles. The number of rotatable bonds is 7. The van der Waals surface area contributed by atoms with Crippen LogP contribution in [0.25, 0.3) is 0 Å². The van der Waals surface area contributed by atoms with Crippen molar-refractivity contribution in [3.63, 3.8) is 0 Å². The topological polar surface area (TPSA) is 57.7 Å². The summed E-state index contributed by atoms with van der Waals surface area (Å²) >= 11 is 0. The Bertz CT molecular complexity index is 345. The minimum Gasteiger partial charge on any atom is -0.346 e. The highest BCUT2D eigenvalue weighted by atomic mass is 16.2. The second-order valence-electron chi connectivity index (χ2n) is 4.43. The minimum atomic E-state index is -0.255. The van der Waals surface area contributed by atoms with Gasteiger partial charge in [-0.1, -0.05) is 6.92 Å². The first-order valence-electron chi connectivity index (χ1n) is 6.33. The van der Waals surface area contributed by atoms with Crippen LogP contribution < -0.4 is 0 Å². The SMILES string of the molecule is CCCN(C)C(=O)CCCCN1C(=O)C=CC1=O. The molecule has 0 aromatic heterocycles. The number of carbonyl (C=O) groups excluding carboxylic acids is 3. The van der Waals surface area contributed by atoms with Crippen LogP contribution in [-0.4, -0.2) is 47.7 Å². The molecule has 5 nitrogen and oxygen atoms in total. The first-order chi connectivity index (χ1) is 8.56. The van der Waals surface area contributed by atoms with Gasteiger partial charge in [-0.3, -0.25) is 19.3 Å². The molecule has 0 atom stereocenters. The molecule has 3 amide bonds. The zero-order valence-corrected chi connectivity index (χ0v) is 11.0. The Morgan fingerprint density at radius 3 is 2.39 bits per heavy atom. The van der Waals surface area contributed by atoms with Gasteiger partial charge in [0.2, 0.25) is 5.91 Å². The average Bonchev–Trinajstić information content (AvgIpc) is 2.65. The van der Waals surface area contributed by atoms with Crippen molar-refractivity contribution in [2.75, 3.05) is 20.1 Å². The van der Waals surface area contributed by atoms with Crippen LogP contribution in [-0.2, 0) is 14.4 Å². The summed E-state index contributed by atoms with van der Waals surface area (Å²) in [6.07, 6.45) is 5.35. The molecule has 0 unspecified atom stereocenters. The van der Waals surface area contributed by atoms with Gasteiger partial charge in [0.25, 0.3) is 11.8 Å². The van der Waals surface area contributed by atoms with E-state index in [4.69, 9.17) is 0 Å². The van der Waals surface area contributed by atoms with Gasteiger partial charge in [0, 0.05) is 38.7 Å². The van der Waals surface area contributed by atoms with E-state index in [-0.39, 0.29) is 17.7 Å². The third-order valence-electron chi connectivity index (χ3n) is 2.91. The van der Waals surface area contributed by atoms with Crippen LogP contribution in [0.4, 0.5) is 0 Å². The van der Waals surface area contributed by atoms with Gasteiger partial charge in [-0.25, -0.2) is 0 Å². The van der Waals surface area contributed by atoms with Crippen LogP contribution in [0.2, 0.25) is 0 Å². The van der Waals surface area contributed by atoms with Crippen LogP contribution in [0.15, 0.2) is 12.2 Å². The molecule has 18 heavy (non-hydrogen) atoms. The highest BCUT2D eigenvalue weighted by Crippen LogP contribution is 2.07. The van der Waals surface area contributed by atoms with E-state index in [0.717, 1.165) is 13.0 Å². The highest BCUT2D eigenvalue weighted by Gasteiger charge is 2.22. The van der Waals surface area contributed by atoms with Crippen LogP contribution in [0.3, 0.4) is 0 Å². The van der Waals surface area contributed by atoms with Crippen LogP contribution >= 0.6 is 0 Å². The van der Waals surface area contributed by atoms with Crippen molar-refractivity contribution < 1.29 is 14.4 Å². The van der Waals surface area contributed by atoms with Crippen LogP contribution in [0.1, 0.15) is 32.6 Å². The zero-order chi connectivity index (χ0) is 13.5. The normalized spacial score (nSPS) is 14.4. The Hall–Kier alpha value is -1.65. The third kappa shape index (κ3) is 3.98. The van der Waals surface area contributed by atoms with Crippen molar-refractivity contribution in [1.82, 2.24) is 9.80 Å². The number of hydrogen-bond acceptors (Lipinski definition) is 3. The summed E-state index contributed by atoms with van der Waals surface area (Å²) in [6.45, 7) is 3.20. The molecule has 0 saturated carbocycles. The van der Waals surface area contributed by atoms with Gasteiger partial charge in [-0.15, -0.1) is 0 Å². The summed E-state index contributed by atoms with van der Waals surface area (Å²) in [7, 11) is 1.79. The lowest BCUT2D eigenvalue weighted by molar-refractivity contribution is -0.136. The molecule has 1 rings (SSSR count). The summed E-state index contributed by atoms with van der Waals surface area (Å²) in [6, 6.07) is 0. The molecule has 100 valence electrons. The van der Waals surface area contributed by atoms with E-state index in [1.807, 2.05) is 6.92 Å². The molecule has 0 bridgehead atoms. The standard InChI is InChI=1S/C13H20N2O3/c1-3-9-14(2)11(16)6-4-5-10-15-12(17)7-8-13(15)18/h7-8H,3-6,9-10H2,1-2H3. The molecule has 0 N–H and O–H groups in total. The number of carbonyl (C=O) groups is 3. The Kier molecular flexibility index (Phi) is 5.55. The van der Waals surface area contributed by atoms with Gasteiger partial charge in [-0.05, 0) is 19.3 Å². The first kappa shape index (κ1) is 14.4. The van der Waals surface area contributed by atoms with Crippen molar-refractivity contribution in [2.45, 2.75) is 32.6 Å². The van der Waals surface area contributed by atoms with Gasteiger partial charge in [-0.2, -0.15) is 0 Å². The van der Waals surface area contributed by atoms with Crippen molar-refractivity contribution in [2.24, 2.45) is 0 Å². The lowest BCUT2D eigenvalue weighted by Gasteiger charge is -2.16. The van der Waals surface area contributed by atoms with Crippen molar-refractivity contribution >= 4 is 17.7 Å². The summed E-state index contributed by atoms with van der Waals surface area (Å²) in [5.74, 6) is -0.391. The monoisotopic (exact) mass is 252 g/mol. The van der Waals surface area contributed by atoms with Crippen molar-refractivity contribution in [3.05, 3.63) is 12.2 Å². The molecule has 5 heteroatoms. The van der Waals surface area contributed by atoms with Gasteiger partial charge in [0.15, 0.2) is 0 Å². The Balaban J connectivity index is 2.17. The molecule has 0 fully saturated rings. The maximum Gasteiger partial charge on any atom is 0.253 e. The third-order valence-corrected chi connectivity index (χ3v) is 2.91. The molecule has 1 heterocycles. The fraction of sp³-hybridized carbons (Fsp3) is 0.615. The van der Waals surface area contributed by atoms with E-state index in [2.05, 4.69) is 0 Å². The van der Waals surface area contributed by atoms with Gasteiger partial charge < -0.3 is 4.90 Å². The maximum absolute atomic E-state index is 11.6. The van der Waals surface area contributed by atoms with E-state index < -0.39 is 0 Å². The fourth-order valence-corrected chi connectivity index (χ4v) is 1.85. The molecular weight excluding hydrogens is 232 g/mol. The van der Waals surface area contributed by atoms with E-state index in [1.165, 1.54) is 17.1 Å². The fourth-order valence-electron chi connectivity index (χ4n) is 1.85. The molecule has 0 radical (unpaired) electrons. The molecule has 0 aromatic rings. The quantitative estimate of drug-likeness (QED) is 0.500. The number of imide groups is 1. The van der Waals surface area contributed by atoms with E-state index in [1.54, 1.807) is 11.9 Å². The molecule has 0 saturated heterocycles. The summed E-state index contributed by atoms with van der Waals surface area (Å²) in [4.78, 5) is 37.0. The highest BCUT2D eigenvalue weighted by molar-refractivity contribution is 6.12.